The van der Waals surface area contributed by atoms with E-state index in [1.807, 2.05) is 31.2 Å². The van der Waals surface area contributed by atoms with Crippen molar-refractivity contribution in [3.63, 3.8) is 0 Å². The predicted molar refractivity (Wildman–Crippen MR) is 99.7 cm³/mol. The van der Waals surface area contributed by atoms with E-state index in [9.17, 15) is 13.2 Å². The molecule has 0 aliphatic heterocycles. The Bertz CT molecular complexity index is 818. The van der Waals surface area contributed by atoms with Gasteiger partial charge in [0.05, 0.1) is 10.9 Å². The van der Waals surface area contributed by atoms with Crippen LogP contribution in [-0.4, -0.2) is 27.2 Å². The van der Waals surface area contributed by atoms with Gasteiger partial charge in [0.2, 0.25) is 0 Å². The SMILES string of the molecule is C[C@H](NC(=O)NCCc1ccc(Cl)cc1)c1ccc(S(C)(=O)=O)cc1. The van der Waals surface area contributed by atoms with Gasteiger partial charge in [0.25, 0.3) is 0 Å². The Morgan fingerprint density at radius 1 is 1.08 bits per heavy atom. The number of sulfone groups is 1. The van der Waals surface area contributed by atoms with Crippen molar-refractivity contribution in [3.05, 3.63) is 64.7 Å². The molecule has 134 valence electrons. The molecule has 25 heavy (non-hydrogen) atoms. The Labute approximate surface area is 153 Å². The molecule has 5 nitrogen and oxygen atoms in total. The number of halogens is 1. The van der Waals surface area contributed by atoms with Gasteiger partial charge in [-0.15, -0.1) is 0 Å². The zero-order valence-electron chi connectivity index (χ0n) is 14.1. The minimum Gasteiger partial charge on any atom is -0.338 e. The molecule has 0 spiro atoms. The molecule has 1 atom stereocenters. The lowest BCUT2D eigenvalue weighted by Crippen LogP contribution is -2.38. The van der Waals surface area contributed by atoms with Gasteiger partial charge in [0, 0.05) is 17.8 Å². The molecule has 0 unspecified atom stereocenters. The van der Waals surface area contributed by atoms with E-state index in [1.165, 1.54) is 0 Å². The van der Waals surface area contributed by atoms with Crippen LogP contribution in [0, 0.1) is 0 Å². The number of nitrogens with one attached hydrogen (secondary N) is 2. The molecule has 2 aromatic rings. The molecule has 0 radical (unpaired) electrons. The van der Waals surface area contributed by atoms with Gasteiger partial charge in [-0.05, 0) is 48.7 Å². The highest BCUT2D eigenvalue weighted by Gasteiger charge is 2.11. The lowest BCUT2D eigenvalue weighted by molar-refractivity contribution is 0.238. The van der Waals surface area contributed by atoms with E-state index in [4.69, 9.17) is 11.6 Å². The molecule has 0 saturated carbocycles. The van der Waals surface area contributed by atoms with Crippen LogP contribution < -0.4 is 10.6 Å². The van der Waals surface area contributed by atoms with Crippen LogP contribution in [0.1, 0.15) is 24.1 Å². The lowest BCUT2D eigenvalue weighted by atomic mass is 10.1. The average molecular weight is 381 g/mol. The summed E-state index contributed by atoms with van der Waals surface area (Å²) in [5.41, 5.74) is 1.93. The van der Waals surface area contributed by atoms with Crippen LogP contribution in [0.25, 0.3) is 0 Å². The van der Waals surface area contributed by atoms with Gasteiger partial charge >= 0.3 is 6.03 Å². The van der Waals surface area contributed by atoms with E-state index in [1.54, 1.807) is 24.3 Å². The summed E-state index contributed by atoms with van der Waals surface area (Å²) in [5, 5.41) is 6.32. The second-order valence-electron chi connectivity index (χ2n) is 5.84. The maximum atomic E-state index is 12.0. The van der Waals surface area contributed by atoms with Crippen molar-refractivity contribution in [1.82, 2.24) is 10.6 Å². The van der Waals surface area contributed by atoms with Crippen molar-refractivity contribution < 1.29 is 13.2 Å². The number of rotatable bonds is 6. The first kappa shape index (κ1) is 19.3. The molecule has 0 aliphatic rings. The van der Waals surface area contributed by atoms with Crippen molar-refractivity contribution in [2.24, 2.45) is 0 Å². The number of benzene rings is 2. The molecular weight excluding hydrogens is 360 g/mol. The van der Waals surface area contributed by atoms with Crippen molar-refractivity contribution in [3.8, 4) is 0 Å². The normalized spacial score (nSPS) is 12.4. The summed E-state index contributed by atoms with van der Waals surface area (Å²) >= 11 is 5.83. The summed E-state index contributed by atoms with van der Waals surface area (Å²) in [6, 6.07) is 13.5. The first-order valence-electron chi connectivity index (χ1n) is 7.84. The Morgan fingerprint density at radius 3 is 2.24 bits per heavy atom. The fourth-order valence-electron chi connectivity index (χ4n) is 2.31. The van der Waals surface area contributed by atoms with Crippen LogP contribution in [0.2, 0.25) is 5.02 Å². The summed E-state index contributed by atoms with van der Waals surface area (Å²) in [6.45, 7) is 2.35. The summed E-state index contributed by atoms with van der Waals surface area (Å²) in [7, 11) is -3.22. The van der Waals surface area contributed by atoms with E-state index in [0.717, 1.165) is 17.4 Å². The van der Waals surface area contributed by atoms with Gasteiger partial charge in [0.15, 0.2) is 9.84 Å². The minimum absolute atomic E-state index is 0.232. The molecule has 0 bridgehead atoms. The van der Waals surface area contributed by atoms with Crippen LogP contribution in [-0.2, 0) is 16.3 Å². The van der Waals surface area contributed by atoms with E-state index in [0.29, 0.717) is 18.0 Å². The highest BCUT2D eigenvalue weighted by atomic mass is 35.5. The number of carbonyl (C=O) groups is 1. The Morgan fingerprint density at radius 2 is 1.68 bits per heavy atom. The molecule has 7 heteroatoms. The third-order valence-corrected chi connectivity index (χ3v) is 5.15. The van der Waals surface area contributed by atoms with Crippen molar-refractivity contribution in [2.45, 2.75) is 24.3 Å². The molecule has 2 amide bonds. The maximum absolute atomic E-state index is 12.0. The predicted octanol–water partition coefficient (Wildman–Crippen LogP) is 3.35. The van der Waals surface area contributed by atoms with Crippen molar-refractivity contribution in [2.75, 3.05) is 12.8 Å². The summed E-state index contributed by atoms with van der Waals surface area (Å²) < 4.78 is 22.9. The van der Waals surface area contributed by atoms with Crippen LogP contribution in [0.15, 0.2) is 53.4 Å². The number of amides is 2. The first-order chi connectivity index (χ1) is 11.8. The summed E-state index contributed by atoms with van der Waals surface area (Å²) in [4.78, 5) is 12.2. The monoisotopic (exact) mass is 380 g/mol. The lowest BCUT2D eigenvalue weighted by Gasteiger charge is -2.15. The van der Waals surface area contributed by atoms with Gasteiger partial charge in [-0.2, -0.15) is 0 Å². The number of urea groups is 1. The molecule has 2 aromatic carbocycles. The Hall–Kier alpha value is -2.05. The second kappa shape index (κ2) is 8.36. The standard InChI is InChI=1S/C18H21ClN2O3S/c1-13(15-5-9-17(10-6-15)25(2,23)24)21-18(22)20-12-11-14-3-7-16(19)8-4-14/h3-10,13H,11-12H2,1-2H3,(H2,20,21,22)/t13-/m0/s1. The van der Waals surface area contributed by atoms with Crippen LogP contribution >= 0.6 is 11.6 Å². The molecule has 0 fully saturated rings. The molecule has 2 rings (SSSR count). The van der Waals surface area contributed by atoms with Gasteiger partial charge in [0.1, 0.15) is 0 Å². The fraction of sp³-hybridized carbons (Fsp3) is 0.278. The molecule has 0 aliphatic carbocycles. The van der Waals surface area contributed by atoms with E-state index in [2.05, 4.69) is 10.6 Å². The third-order valence-electron chi connectivity index (χ3n) is 3.77. The van der Waals surface area contributed by atoms with Crippen molar-refractivity contribution >= 4 is 27.5 Å². The zero-order valence-corrected chi connectivity index (χ0v) is 15.7. The average Bonchev–Trinajstić information content (AvgIpc) is 2.56. The fourth-order valence-corrected chi connectivity index (χ4v) is 3.06. The molecular formula is C18H21ClN2O3S. The largest absolute Gasteiger partial charge is 0.338 e. The Kier molecular flexibility index (Phi) is 6.45. The molecule has 0 saturated heterocycles. The number of hydrogen-bond acceptors (Lipinski definition) is 3. The van der Waals surface area contributed by atoms with Gasteiger partial charge in [-0.3, -0.25) is 0 Å². The highest BCUT2D eigenvalue weighted by Crippen LogP contribution is 2.16. The number of hydrogen-bond donors (Lipinski definition) is 2. The molecule has 0 aromatic heterocycles. The quantitative estimate of drug-likeness (QED) is 0.806. The maximum Gasteiger partial charge on any atom is 0.315 e. The van der Waals surface area contributed by atoms with E-state index >= 15 is 0 Å². The second-order valence-corrected chi connectivity index (χ2v) is 8.29. The number of carbonyl (C=O) groups excluding carboxylic acids is 1. The van der Waals surface area contributed by atoms with Gasteiger partial charge in [-0.1, -0.05) is 35.9 Å². The smallest absolute Gasteiger partial charge is 0.315 e. The van der Waals surface area contributed by atoms with Crippen LogP contribution in [0.3, 0.4) is 0 Å². The third kappa shape index (κ3) is 6.07. The van der Waals surface area contributed by atoms with Gasteiger partial charge < -0.3 is 10.6 Å². The molecule has 0 heterocycles. The van der Waals surface area contributed by atoms with E-state index in [-0.39, 0.29) is 17.0 Å². The summed E-state index contributed by atoms with van der Waals surface area (Å²) in [5.74, 6) is 0. The van der Waals surface area contributed by atoms with Crippen LogP contribution in [0.4, 0.5) is 4.79 Å². The van der Waals surface area contributed by atoms with E-state index < -0.39 is 9.84 Å². The minimum atomic E-state index is -3.22. The summed E-state index contributed by atoms with van der Waals surface area (Å²) in [6.07, 6.45) is 1.87. The highest BCUT2D eigenvalue weighted by molar-refractivity contribution is 7.90. The van der Waals surface area contributed by atoms with Crippen molar-refractivity contribution in [1.29, 1.82) is 0 Å². The zero-order chi connectivity index (χ0) is 18.4. The molecule has 2 N–H and O–H groups in total. The van der Waals surface area contributed by atoms with Gasteiger partial charge in [-0.25, -0.2) is 13.2 Å². The Balaban J connectivity index is 1.82. The topological polar surface area (TPSA) is 75.3 Å². The van der Waals surface area contributed by atoms with Crippen LogP contribution in [0.5, 0.6) is 0 Å². The first-order valence-corrected chi connectivity index (χ1v) is 10.1.